The van der Waals surface area contributed by atoms with Crippen LogP contribution in [0.15, 0.2) is 72.9 Å². The third-order valence-corrected chi connectivity index (χ3v) is 8.24. The summed E-state index contributed by atoms with van der Waals surface area (Å²) in [5.41, 5.74) is 7.47. The summed E-state index contributed by atoms with van der Waals surface area (Å²) in [6.45, 7) is 8.08. The first-order valence-electron chi connectivity index (χ1n) is 15.1. The predicted molar refractivity (Wildman–Crippen MR) is 183 cm³/mol. The number of aromatic nitrogens is 2. The molecule has 10 heteroatoms. The first-order chi connectivity index (χ1) is 22.5. The van der Waals surface area contributed by atoms with E-state index in [1.165, 1.54) is 19.3 Å². The smallest absolute Gasteiger partial charge is 0.434 e. The van der Waals surface area contributed by atoms with Crippen LogP contribution in [0.2, 0.25) is 5.02 Å². The SMILES string of the molecule is COc1cc(Cn2ncc3c(-c4cccc(-c5ccc(CN(OC)C(=O)OC(C)(C)C)c(OC)c5)c4C)cccc32)c(Cl)cc1C=O. The van der Waals surface area contributed by atoms with Gasteiger partial charge in [-0.25, -0.2) is 4.79 Å². The van der Waals surface area contributed by atoms with Crippen LogP contribution in [0.1, 0.15) is 47.8 Å². The summed E-state index contributed by atoms with van der Waals surface area (Å²) in [6.07, 6.45) is 2.02. The molecule has 0 aliphatic carbocycles. The van der Waals surface area contributed by atoms with Gasteiger partial charge in [0.25, 0.3) is 0 Å². The molecule has 0 saturated heterocycles. The summed E-state index contributed by atoms with van der Waals surface area (Å²) < 4.78 is 18.5. The molecule has 0 fully saturated rings. The number of carbonyl (C=O) groups is 2. The number of fused-ring (bicyclic) bond motifs is 1. The van der Waals surface area contributed by atoms with Gasteiger partial charge in [-0.15, -0.1) is 0 Å². The Labute approximate surface area is 279 Å². The van der Waals surface area contributed by atoms with E-state index in [9.17, 15) is 9.59 Å². The van der Waals surface area contributed by atoms with Gasteiger partial charge in [0.2, 0.25) is 0 Å². The molecule has 0 atom stereocenters. The Morgan fingerprint density at radius 2 is 1.62 bits per heavy atom. The lowest BCUT2D eigenvalue weighted by Gasteiger charge is -2.26. The number of nitrogens with zero attached hydrogens (tertiary/aromatic N) is 3. The van der Waals surface area contributed by atoms with Gasteiger partial charge in [-0.05, 0) is 85.3 Å². The van der Waals surface area contributed by atoms with Crippen molar-refractivity contribution in [2.24, 2.45) is 0 Å². The van der Waals surface area contributed by atoms with Crippen LogP contribution in [-0.2, 0) is 22.7 Å². The molecule has 4 aromatic carbocycles. The molecule has 0 N–H and O–H groups in total. The Balaban J connectivity index is 1.47. The van der Waals surface area contributed by atoms with Crippen molar-refractivity contribution in [1.29, 1.82) is 0 Å². The van der Waals surface area contributed by atoms with Crippen LogP contribution >= 0.6 is 11.6 Å². The van der Waals surface area contributed by atoms with Gasteiger partial charge in [0.15, 0.2) is 6.29 Å². The Morgan fingerprint density at radius 3 is 2.30 bits per heavy atom. The minimum atomic E-state index is -0.653. The molecule has 244 valence electrons. The number of rotatable bonds is 10. The van der Waals surface area contributed by atoms with Crippen molar-refractivity contribution in [2.45, 2.75) is 46.4 Å². The van der Waals surface area contributed by atoms with Crippen LogP contribution in [0.25, 0.3) is 33.2 Å². The van der Waals surface area contributed by atoms with Crippen molar-refractivity contribution in [3.8, 4) is 33.8 Å². The van der Waals surface area contributed by atoms with Crippen molar-refractivity contribution >= 4 is 34.9 Å². The topological polar surface area (TPSA) is 92.1 Å². The van der Waals surface area contributed by atoms with Crippen LogP contribution in [0.3, 0.4) is 0 Å². The number of ether oxygens (including phenoxy) is 3. The van der Waals surface area contributed by atoms with E-state index in [0.29, 0.717) is 28.6 Å². The number of carbonyl (C=O) groups excluding carboxylic acids is 2. The van der Waals surface area contributed by atoms with Gasteiger partial charge < -0.3 is 14.2 Å². The maximum atomic E-state index is 12.7. The van der Waals surface area contributed by atoms with Gasteiger partial charge in [-0.2, -0.15) is 10.2 Å². The van der Waals surface area contributed by atoms with Crippen LogP contribution in [0, 0.1) is 6.92 Å². The standard InChI is InChI=1S/C37H38ClN3O6/c1-23-28(24-14-15-25(34(17-24)44-5)21-41(46-7)36(43)47-37(2,3)4)10-8-11-29(23)30-12-9-13-33-31(30)19-39-40(33)20-26-18-35(45-6)27(22-42)16-32(26)38/h8-19,22H,20-21H2,1-7H3. The molecule has 5 rings (SSSR count). The van der Waals surface area contributed by atoms with Crippen molar-refractivity contribution in [3.05, 3.63) is 100 Å². The van der Waals surface area contributed by atoms with Crippen molar-refractivity contribution in [2.75, 3.05) is 21.3 Å². The van der Waals surface area contributed by atoms with E-state index < -0.39 is 11.7 Å². The number of halogens is 1. The van der Waals surface area contributed by atoms with Crippen LogP contribution in [0.4, 0.5) is 4.79 Å². The van der Waals surface area contributed by atoms with E-state index in [1.807, 2.05) is 47.3 Å². The second-order valence-corrected chi connectivity index (χ2v) is 12.5. The molecule has 0 bridgehead atoms. The second kappa shape index (κ2) is 13.9. The van der Waals surface area contributed by atoms with Gasteiger partial charge in [0, 0.05) is 16.0 Å². The number of aldehydes is 1. The largest absolute Gasteiger partial charge is 0.496 e. The zero-order valence-corrected chi connectivity index (χ0v) is 28.3. The van der Waals surface area contributed by atoms with Crippen LogP contribution in [-0.4, -0.2) is 54.2 Å². The normalized spacial score (nSPS) is 11.4. The summed E-state index contributed by atoms with van der Waals surface area (Å²) in [6, 6.07) is 21.7. The number of amides is 1. The first-order valence-corrected chi connectivity index (χ1v) is 15.4. The Bertz CT molecular complexity index is 1950. The van der Waals surface area contributed by atoms with Gasteiger partial charge in [-0.1, -0.05) is 54.1 Å². The molecule has 47 heavy (non-hydrogen) atoms. The molecule has 9 nitrogen and oxygen atoms in total. The minimum absolute atomic E-state index is 0.152. The molecule has 0 spiro atoms. The Hall–Kier alpha value is -4.86. The third kappa shape index (κ3) is 7.11. The summed E-state index contributed by atoms with van der Waals surface area (Å²) >= 11 is 6.54. The molecule has 0 unspecified atom stereocenters. The first kappa shape index (κ1) is 33.5. The highest BCUT2D eigenvalue weighted by atomic mass is 35.5. The van der Waals surface area contributed by atoms with Gasteiger partial charge in [-0.3, -0.25) is 14.3 Å². The lowest BCUT2D eigenvalue weighted by Crippen LogP contribution is -2.35. The summed E-state index contributed by atoms with van der Waals surface area (Å²) in [5.74, 6) is 1.09. The van der Waals surface area contributed by atoms with Crippen LogP contribution < -0.4 is 9.47 Å². The molecule has 0 aliphatic rings. The number of hydrogen-bond donors (Lipinski definition) is 0. The number of benzene rings is 4. The van der Waals surface area contributed by atoms with Crippen molar-refractivity contribution in [1.82, 2.24) is 14.8 Å². The molecule has 0 radical (unpaired) electrons. The van der Waals surface area contributed by atoms with E-state index in [-0.39, 0.29) is 6.54 Å². The minimum Gasteiger partial charge on any atom is -0.496 e. The number of methoxy groups -OCH3 is 2. The maximum absolute atomic E-state index is 12.7. The molecular formula is C37H38ClN3O6. The predicted octanol–water partition coefficient (Wildman–Crippen LogP) is 8.51. The zero-order valence-electron chi connectivity index (χ0n) is 27.6. The van der Waals surface area contributed by atoms with Gasteiger partial charge in [0.05, 0.1) is 51.7 Å². The Kier molecular flexibility index (Phi) is 9.88. The zero-order chi connectivity index (χ0) is 33.9. The summed E-state index contributed by atoms with van der Waals surface area (Å²) in [5, 5.41) is 7.34. The van der Waals surface area contributed by atoms with Crippen molar-refractivity contribution < 1.29 is 28.6 Å². The molecule has 1 heterocycles. The molecule has 0 aliphatic heterocycles. The van der Waals surface area contributed by atoms with Gasteiger partial charge >= 0.3 is 6.09 Å². The van der Waals surface area contributed by atoms with E-state index in [0.717, 1.165) is 56.1 Å². The van der Waals surface area contributed by atoms with Crippen LogP contribution in [0.5, 0.6) is 11.5 Å². The highest BCUT2D eigenvalue weighted by Gasteiger charge is 2.24. The fourth-order valence-corrected chi connectivity index (χ4v) is 5.81. The fourth-order valence-electron chi connectivity index (χ4n) is 5.58. The monoisotopic (exact) mass is 655 g/mol. The van der Waals surface area contributed by atoms with E-state index in [1.54, 1.807) is 40.0 Å². The lowest BCUT2D eigenvalue weighted by molar-refractivity contribution is -0.130. The maximum Gasteiger partial charge on any atom is 0.434 e. The number of hydroxylamine groups is 2. The van der Waals surface area contributed by atoms with E-state index in [4.69, 9.17) is 35.7 Å². The van der Waals surface area contributed by atoms with Crippen molar-refractivity contribution in [3.63, 3.8) is 0 Å². The number of hydrogen-bond acceptors (Lipinski definition) is 7. The second-order valence-electron chi connectivity index (χ2n) is 12.0. The molecule has 5 aromatic rings. The lowest BCUT2D eigenvalue weighted by atomic mass is 9.91. The quantitative estimate of drug-likeness (QED) is 0.110. The summed E-state index contributed by atoms with van der Waals surface area (Å²) in [4.78, 5) is 29.4. The molecule has 1 amide bonds. The average molecular weight is 656 g/mol. The van der Waals surface area contributed by atoms with E-state index in [2.05, 4.69) is 25.1 Å². The Morgan fingerprint density at radius 1 is 0.915 bits per heavy atom. The van der Waals surface area contributed by atoms with E-state index >= 15 is 0 Å². The van der Waals surface area contributed by atoms with Gasteiger partial charge in [0.1, 0.15) is 17.1 Å². The fraction of sp³-hybridized carbons (Fsp3) is 0.270. The third-order valence-electron chi connectivity index (χ3n) is 7.89. The molecular weight excluding hydrogens is 618 g/mol. The highest BCUT2D eigenvalue weighted by molar-refractivity contribution is 6.31. The molecule has 1 aromatic heterocycles. The molecule has 0 saturated carbocycles. The average Bonchev–Trinajstić information content (AvgIpc) is 3.46. The summed E-state index contributed by atoms with van der Waals surface area (Å²) in [7, 11) is 4.56. The highest BCUT2D eigenvalue weighted by Crippen LogP contribution is 2.37.